The summed E-state index contributed by atoms with van der Waals surface area (Å²) in [7, 11) is 0. The number of para-hydroxylation sites is 2. The van der Waals surface area contributed by atoms with E-state index in [1.807, 2.05) is 47.4 Å². The molecular weight excluding hydrogens is 352 g/mol. The van der Waals surface area contributed by atoms with Gasteiger partial charge in [-0.2, -0.15) is 0 Å². The summed E-state index contributed by atoms with van der Waals surface area (Å²) in [5.74, 6) is 1.01. The van der Waals surface area contributed by atoms with Crippen LogP contribution in [0, 0.1) is 5.92 Å². The molecule has 2 unspecified atom stereocenters. The SMILES string of the molecule is CC1Oc2ccccc2N(CC(=O)N(CC2CC2)C(C)c2ccccc2)C1=O. The maximum absolute atomic E-state index is 13.3. The number of amides is 2. The first kappa shape index (κ1) is 18.5. The second-order valence-corrected chi connectivity index (χ2v) is 7.73. The standard InChI is InChI=1S/C23H26N2O3/c1-16(19-8-4-3-5-9-19)24(14-18-12-13-18)22(26)15-25-20-10-6-7-11-21(20)28-17(2)23(25)27/h3-11,16-18H,12-15H2,1-2H3. The largest absolute Gasteiger partial charge is 0.479 e. The molecule has 0 radical (unpaired) electrons. The van der Waals surface area contributed by atoms with Gasteiger partial charge in [0, 0.05) is 6.54 Å². The summed E-state index contributed by atoms with van der Waals surface area (Å²) in [5, 5.41) is 0. The summed E-state index contributed by atoms with van der Waals surface area (Å²) < 4.78 is 5.69. The second kappa shape index (κ2) is 7.66. The van der Waals surface area contributed by atoms with E-state index in [-0.39, 0.29) is 24.4 Å². The Labute approximate surface area is 165 Å². The van der Waals surface area contributed by atoms with Crippen molar-refractivity contribution in [3.63, 3.8) is 0 Å². The summed E-state index contributed by atoms with van der Waals surface area (Å²) >= 11 is 0. The highest BCUT2D eigenvalue weighted by Gasteiger charge is 2.36. The molecule has 146 valence electrons. The number of carbonyl (C=O) groups excluding carboxylic acids is 2. The molecule has 28 heavy (non-hydrogen) atoms. The van der Waals surface area contributed by atoms with Crippen LogP contribution in [0.2, 0.25) is 0 Å². The second-order valence-electron chi connectivity index (χ2n) is 7.73. The lowest BCUT2D eigenvalue weighted by atomic mass is 10.1. The molecule has 0 bridgehead atoms. The number of anilines is 1. The van der Waals surface area contributed by atoms with E-state index in [0.717, 1.165) is 12.1 Å². The van der Waals surface area contributed by atoms with E-state index in [1.165, 1.54) is 12.8 Å². The van der Waals surface area contributed by atoms with Crippen molar-refractivity contribution in [2.24, 2.45) is 5.92 Å². The highest BCUT2D eigenvalue weighted by Crippen LogP contribution is 2.35. The third-order valence-corrected chi connectivity index (χ3v) is 5.59. The van der Waals surface area contributed by atoms with Crippen LogP contribution in [0.1, 0.15) is 38.3 Å². The van der Waals surface area contributed by atoms with E-state index >= 15 is 0 Å². The molecule has 0 N–H and O–H groups in total. The first-order valence-electron chi connectivity index (χ1n) is 9.96. The zero-order valence-electron chi connectivity index (χ0n) is 16.4. The Balaban J connectivity index is 1.58. The molecule has 4 rings (SSSR count). The third kappa shape index (κ3) is 3.75. The third-order valence-electron chi connectivity index (χ3n) is 5.59. The van der Waals surface area contributed by atoms with Gasteiger partial charge in [-0.25, -0.2) is 0 Å². The molecule has 1 saturated carbocycles. The number of rotatable bonds is 6. The van der Waals surface area contributed by atoms with E-state index in [9.17, 15) is 9.59 Å². The zero-order valence-corrected chi connectivity index (χ0v) is 16.4. The minimum absolute atomic E-state index is 0.0273. The Morgan fingerprint density at radius 3 is 2.54 bits per heavy atom. The molecule has 2 aromatic rings. The number of benzene rings is 2. The van der Waals surface area contributed by atoms with Gasteiger partial charge in [-0.3, -0.25) is 14.5 Å². The number of hydrogen-bond acceptors (Lipinski definition) is 3. The van der Waals surface area contributed by atoms with E-state index in [4.69, 9.17) is 4.74 Å². The molecule has 1 aliphatic heterocycles. The average molecular weight is 378 g/mol. The minimum atomic E-state index is -0.592. The summed E-state index contributed by atoms with van der Waals surface area (Å²) in [6, 6.07) is 17.4. The Morgan fingerprint density at radius 1 is 1.14 bits per heavy atom. The van der Waals surface area contributed by atoms with Crippen molar-refractivity contribution in [1.82, 2.24) is 4.90 Å². The molecule has 1 aliphatic carbocycles. The number of nitrogens with zero attached hydrogens (tertiary/aromatic N) is 2. The average Bonchev–Trinajstić information content (AvgIpc) is 3.54. The number of hydrogen-bond donors (Lipinski definition) is 0. The van der Waals surface area contributed by atoms with Gasteiger partial charge in [0.05, 0.1) is 11.7 Å². The smallest absolute Gasteiger partial charge is 0.268 e. The predicted molar refractivity (Wildman–Crippen MR) is 108 cm³/mol. The van der Waals surface area contributed by atoms with Gasteiger partial charge in [0.1, 0.15) is 12.3 Å². The van der Waals surface area contributed by atoms with Crippen molar-refractivity contribution in [1.29, 1.82) is 0 Å². The van der Waals surface area contributed by atoms with Gasteiger partial charge in [0.15, 0.2) is 6.10 Å². The lowest BCUT2D eigenvalue weighted by molar-refractivity contribution is -0.135. The number of carbonyl (C=O) groups is 2. The number of ether oxygens (including phenoxy) is 1. The zero-order chi connectivity index (χ0) is 19.7. The maximum Gasteiger partial charge on any atom is 0.268 e. The van der Waals surface area contributed by atoms with Crippen molar-refractivity contribution in [3.8, 4) is 5.75 Å². The fourth-order valence-corrected chi connectivity index (χ4v) is 3.71. The van der Waals surface area contributed by atoms with Gasteiger partial charge in [0.2, 0.25) is 5.91 Å². The molecule has 2 amide bonds. The summed E-state index contributed by atoms with van der Waals surface area (Å²) in [4.78, 5) is 29.6. The van der Waals surface area contributed by atoms with Gasteiger partial charge < -0.3 is 9.64 Å². The molecule has 1 heterocycles. The van der Waals surface area contributed by atoms with Gasteiger partial charge in [-0.1, -0.05) is 42.5 Å². The highest BCUT2D eigenvalue weighted by molar-refractivity contribution is 6.03. The van der Waals surface area contributed by atoms with E-state index in [2.05, 4.69) is 19.1 Å². The van der Waals surface area contributed by atoms with Crippen molar-refractivity contribution < 1.29 is 14.3 Å². The molecule has 5 nitrogen and oxygen atoms in total. The van der Waals surface area contributed by atoms with E-state index in [1.54, 1.807) is 11.8 Å². The maximum atomic E-state index is 13.3. The molecule has 0 aromatic heterocycles. The van der Waals surface area contributed by atoms with Crippen molar-refractivity contribution in [2.45, 2.75) is 38.8 Å². The minimum Gasteiger partial charge on any atom is -0.479 e. The van der Waals surface area contributed by atoms with Crippen LogP contribution >= 0.6 is 0 Å². The highest BCUT2D eigenvalue weighted by atomic mass is 16.5. The lowest BCUT2D eigenvalue weighted by Crippen LogP contribution is -2.50. The van der Waals surface area contributed by atoms with Gasteiger partial charge in [-0.15, -0.1) is 0 Å². The Hall–Kier alpha value is -2.82. The van der Waals surface area contributed by atoms with Gasteiger partial charge in [-0.05, 0) is 50.3 Å². The molecule has 2 aliphatic rings. The van der Waals surface area contributed by atoms with Crippen LogP contribution in [0.4, 0.5) is 5.69 Å². The van der Waals surface area contributed by atoms with Crippen LogP contribution in [0.25, 0.3) is 0 Å². The Morgan fingerprint density at radius 2 is 1.82 bits per heavy atom. The summed E-state index contributed by atoms with van der Waals surface area (Å²) in [5.41, 5.74) is 1.77. The van der Waals surface area contributed by atoms with Crippen LogP contribution < -0.4 is 9.64 Å². The van der Waals surface area contributed by atoms with Crippen LogP contribution in [0.3, 0.4) is 0 Å². The monoisotopic (exact) mass is 378 g/mol. The summed E-state index contributed by atoms with van der Waals surface area (Å²) in [6.07, 6.45) is 1.75. The Kier molecular flexibility index (Phi) is 5.07. The Bertz CT molecular complexity index is 863. The number of fused-ring (bicyclic) bond motifs is 1. The molecule has 1 fully saturated rings. The van der Waals surface area contributed by atoms with E-state index < -0.39 is 6.10 Å². The lowest BCUT2D eigenvalue weighted by Gasteiger charge is -2.36. The van der Waals surface area contributed by atoms with Gasteiger partial charge >= 0.3 is 0 Å². The molecule has 0 saturated heterocycles. The van der Waals surface area contributed by atoms with Crippen LogP contribution in [0.5, 0.6) is 5.75 Å². The fourth-order valence-electron chi connectivity index (χ4n) is 3.71. The summed E-state index contributed by atoms with van der Waals surface area (Å²) in [6.45, 7) is 4.57. The molecule has 5 heteroatoms. The molecular formula is C23H26N2O3. The van der Waals surface area contributed by atoms with Crippen LogP contribution in [-0.4, -0.2) is 35.9 Å². The molecule has 2 atom stereocenters. The quantitative estimate of drug-likeness (QED) is 0.768. The first-order chi connectivity index (χ1) is 13.5. The van der Waals surface area contributed by atoms with Gasteiger partial charge in [0.25, 0.3) is 5.91 Å². The van der Waals surface area contributed by atoms with Crippen LogP contribution in [0.15, 0.2) is 54.6 Å². The van der Waals surface area contributed by atoms with Crippen molar-refractivity contribution in [3.05, 3.63) is 60.2 Å². The van der Waals surface area contributed by atoms with Crippen molar-refractivity contribution in [2.75, 3.05) is 18.0 Å². The molecule has 0 spiro atoms. The topological polar surface area (TPSA) is 49.9 Å². The molecule has 2 aromatic carbocycles. The fraction of sp³-hybridized carbons (Fsp3) is 0.391. The predicted octanol–water partition coefficient (Wildman–Crippen LogP) is 3.80. The van der Waals surface area contributed by atoms with Crippen molar-refractivity contribution >= 4 is 17.5 Å². The van der Waals surface area contributed by atoms with E-state index in [0.29, 0.717) is 17.4 Å². The first-order valence-corrected chi connectivity index (χ1v) is 9.96. The normalized spacial score (nSPS) is 19.6. The van der Waals surface area contributed by atoms with Crippen LogP contribution in [-0.2, 0) is 9.59 Å².